The molecule has 0 unspecified atom stereocenters. The van der Waals surface area contributed by atoms with Crippen molar-refractivity contribution in [2.75, 3.05) is 26.3 Å². The van der Waals surface area contributed by atoms with Gasteiger partial charge in [0.1, 0.15) is 25.1 Å². The molecule has 0 spiro atoms. The fourth-order valence-electron chi connectivity index (χ4n) is 4.89. The van der Waals surface area contributed by atoms with E-state index in [1.165, 1.54) is 12.1 Å². The lowest BCUT2D eigenvalue weighted by Crippen LogP contribution is -2.41. The maximum atomic E-state index is 13.4. The highest BCUT2D eigenvalue weighted by molar-refractivity contribution is 5.83. The number of aromatic nitrogens is 5. The summed E-state index contributed by atoms with van der Waals surface area (Å²) in [6, 6.07) is 11.1. The Morgan fingerprint density at radius 3 is 2.56 bits per heavy atom. The molecule has 2 aromatic heterocycles. The van der Waals surface area contributed by atoms with Crippen LogP contribution >= 0.6 is 0 Å². The molecule has 0 saturated carbocycles. The molecule has 0 aliphatic carbocycles. The number of pyridine rings is 1. The molecule has 2 aliphatic rings. The summed E-state index contributed by atoms with van der Waals surface area (Å²) in [5, 5.41) is 23.3. The minimum atomic E-state index is -0.547. The van der Waals surface area contributed by atoms with E-state index in [-0.39, 0.29) is 17.5 Å². The van der Waals surface area contributed by atoms with Gasteiger partial charge in [0.05, 0.1) is 18.2 Å². The Kier molecular flexibility index (Phi) is 5.86. The maximum Gasteiger partial charge on any atom is 0.253 e. The number of hydrogen-bond donors (Lipinski definition) is 2. The van der Waals surface area contributed by atoms with Gasteiger partial charge in [-0.3, -0.25) is 9.69 Å². The van der Waals surface area contributed by atoms with Crippen molar-refractivity contribution >= 4 is 10.9 Å². The van der Waals surface area contributed by atoms with Crippen LogP contribution in [0.25, 0.3) is 10.9 Å². The van der Waals surface area contributed by atoms with Gasteiger partial charge in [-0.05, 0) is 53.1 Å². The molecule has 2 aromatic carbocycles. The van der Waals surface area contributed by atoms with Crippen molar-refractivity contribution < 1.29 is 19.0 Å². The summed E-state index contributed by atoms with van der Waals surface area (Å²) in [5.74, 6) is 1.41. The first-order valence-electron chi connectivity index (χ1n) is 11.9. The number of H-pyrrole nitrogens is 1. The molecule has 1 atom stereocenters. The van der Waals surface area contributed by atoms with Crippen LogP contribution in [0.5, 0.6) is 11.5 Å². The minimum absolute atomic E-state index is 0.258. The molecule has 1 fully saturated rings. The lowest BCUT2D eigenvalue weighted by molar-refractivity contribution is 0.0659. The van der Waals surface area contributed by atoms with Crippen molar-refractivity contribution in [1.82, 2.24) is 30.1 Å². The van der Waals surface area contributed by atoms with Crippen molar-refractivity contribution in [1.29, 1.82) is 0 Å². The molecule has 0 radical (unpaired) electrons. The van der Waals surface area contributed by atoms with E-state index in [9.17, 15) is 14.3 Å². The van der Waals surface area contributed by atoms with Gasteiger partial charge in [0.25, 0.3) is 5.56 Å². The van der Waals surface area contributed by atoms with Crippen molar-refractivity contribution in [3.63, 3.8) is 0 Å². The third-order valence-electron chi connectivity index (χ3n) is 6.74. The molecule has 2 aliphatic heterocycles. The number of aromatic amines is 1. The molecule has 4 aromatic rings. The van der Waals surface area contributed by atoms with Gasteiger partial charge in [-0.25, -0.2) is 9.07 Å². The van der Waals surface area contributed by atoms with Gasteiger partial charge >= 0.3 is 0 Å². The van der Waals surface area contributed by atoms with Crippen molar-refractivity contribution in [2.45, 2.75) is 31.5 Å². The normalized spacial score (nSPS) is 17.4. The highest BCUT2D eigenvalue weighted by atomic mass is 19.1. The zero-order valence-electron chi connectivity index (χ0n) is 19.4. The molecule has 6 rings (SSSR count). The van der Waals surface area contributed by atoms with Crippen LogP contribution in [0.1, 0.15) is 35.8 Å². The largest absolute Gasteiger partial charge is 0.486 e. The van der Waals surface area contributed by atoms with E-state index in [4.69, 9.17) is 9.47 Å². The fraction of sp³-hybridized carbons (Fsp3) is 0.360. The first-order valence-corrected chi connectivity index (χ1v) is 11.9. The quantitative estimate of drug-likeness (QED) is 0.435. The SMILES string of the molecule is O=c1[nH]c2cc3c(cc2cc1[C@H](c1nnnn1Cc1ccc(F)cc1)N1CCC(O)CC1)OCCO3. The number of aliphatic hydroxyl groups excluding tert-OH is 1. The second-order valence-electron chi connectivity index (χ2n) is 9.13. The number of ether oxygens (including phenoxy) is 2. The predicted octanol–water partition coefficient (Wildman–Crippen LogP) is 2.02. The number of nitrogens with zero attached hydrogens (tertiary/aromatic N) is 5. The second kappa shape index (κ2) is 9.32. The lowest BCUT2D eigenvalue weighted by atomic mass is 9.99. The van der Waals surface area contributed by atoms with Crippen LogP contribution in [0.15, 0.2) is 47.3 Å². The summed E-state index contributed by atoms with van der Waals surface area (Å²) in [6.45, 7) is 2.40. The number of aliphatic hydroxyl groups is 1. The maximum absolute atomic E-state index is 13.4. The van der Waals surface area contributed by atoms with E-state index in [1.807, 2.05) is 12.1 Å². The number of benzene rings is 2. The van der Waals surface area contributed by atoms with E-state index in [2.05, 4.69) is 25.4 Å². The fourth-order valence-corrected chi connectivity index (χ4v) is 4.89. The minimum Gasteiger partial charge on any atom is -0.486 e. The highest BCUT2D eigenvalue weighted by Crippen LogP contribution is 2.35. The number of nitrogens with one attached hydrogen (secondary N) is 1. The Labute approximate surface area is 205 Å². The van der Waals surface area contributed by atoms with Gasteiger partial charge in [0, 0.05) is 30.1 Å². The Morgan fingerprint density at radius 2 is 1.81 bits per heavy atom. The predicted molar refractivity (Wildman–Crippen MR) is 128 cm³/mol. The third kappa shape index (κ3) is 4.31. The summed E-state index contributed by atoms with van der Waals surface area (Å²) in [4.78, 5) is 18.5. The molecular formula is C25H25FN6O4. The molecule has 1 saturated heterocycles. The van der Waals surface area contributed by atoms with Crippen LogP contribution < -0.4 is 15.0 Å². The molecule has 0 bridgehead atoms. The van der Waals surface area contributed by atoms with E-state index in [0.29, 0.717) is 74.1 Å². The summed E-state index contributed by atoms with van der Waals surface area (Å²) >= 11 is 0. The van der Waals surface area contributed by atoms with Gasteiger partial charge in [-0.1, -0.05) is 12.1 Å². The first-order chi connectivity index (χ1) is 17.5. The van der Waals surface area contributed by atoms with Crippen molar-refractivity contribution in [3.8, 4) is 11.5 Å². The molecular weight excluding hydrogens is 467 g/mol. The number of fused-ring (bicyclic) bond motifs is 2. The monoisotopic (exact) mass is 492 g/mol. The molecule has 4 heterocycles. The average molecular weight is 493 g/mol. The van der Waals surface area contributed by atoms with Gasteiger partial charge in [0.2, 0.25) is 0 Å². The zero-order valence-corrected chi connectivity index (χ0v) is 19.4. The number of hydrogen-bond acceptors (Lipinski definition) is 8. The number of piperidine rings is 1. The Bertz CT molecular complexity index is 1450. The molecule has 2 N–H and O–H groups in total. The van der Waals surface area contributed by atoms with Crippen molar-refractivity contribution in [2.24, 2.45) is 0 Å². The van der Waals surface area contributed by atoms with Crippen LogP contribution in [0.2, 0.25) is 0 Å². The van der Waals surface area contributed by atoms with Crippen LogP contribution in [0.4, 0.5) is 4.39 Å². The second-order valence-corrected chi connectivity index (χ2v) is 9.13. The molecule has 186 valence electrons. The van der Waals surface area contributed by atoms with Gasteiger partial charge in [-0.2, -0.15) is 0 Å². The van der Waals surface area contributed by atoms with Crippen LogP contribution in [0, 0.1) is 5.82 Å². The van der Waals surface area contributed by atoms with E-state index >= 15 is 0 Å². The number of halogens is 1. The summed E-state index contributed by atoms with van der Waals surface area (Å²) < 4.78 is 26.5. The first kappa shape index (κ1) is 22.6. The Morgan fingerprint density at radius 1 is 1.08 bits per heavy atom. The van der Waals surface area contributed by atoms with Crippen molar-refractivity contribution in [3.05, 3.63) is 75.6 Å². The van der Waals surface area contributed by atoms with Gasteiger partial charge in [-0.15, -0.1) is 5.10 Å². The topological polar surface area (TPSA) is 118 Å². The number of tetrazole rings is 1. The highest BCUT2D eigenvalue weighted by Gasteiger charge is 2.33. The zero-order chi connectivity index (χ0) is 24.6. The standard InChI is InChI=1S/C25H25FN6O4/c26-17-3-1-15(2-4-17)14-32-24(28-29-30-32)23(31-7-5-18(33)6-8-31)19-11-16-12-21-22(36-10-9-35-21)13-20(16)27-25(19)34/h1-4,11-13,18,23,33H,5-10,14H2,(H,27,34)/t23-/m1/s1. The summed E-state index contributed by atoms with van der Waals surface area (Å²) in [7, 11) is 0. The molecule has 10 nitrogen and oxygen atoms in total. The number of rotatable bonds is 5. The van der Waals surface area contributed by atoms with E-state index in [1.54, 1.807) is 22.9 Å². The third-order valence-corrected chi connectivity index (χ3v) is 6.74. The average Bonchev–Trinajstić information content (AvgIpc) is 3.33. The molecule has 11 heteroatoms. The smallest absolute Gasteiger partial charge is 0.253 e. The Balaban J connectivity index is 1.44. The summed E-state index contributed by atoms with van der Waals surface area (Å²) in [6.07, 6.45) is 0.788. The van der Waals surface area contributed by atoms with E-state index < -0.39 is 6.04 Å². The van der Waals surface area contributed by atoms with Gasteiger partial charge < -0.3 is 19.6 Å². The van der Waals surface area contributed by atoms with Gasteiger partial charge in [0.15, 0.2) is 17.3 Å². The molecule has 36 heavy (non-hydrogen) atoms. The van der Waals surface area contributed by atoms with Crippen LogP contribution in [-0.4, -0.2) is 67.6 Å². The molecule has 0 amide bonds. The Hall–Kier alpha value is -3.83. The van der Waals surface area contributed by atoms with E-state index in [0.717, 1.165) is 10.9 Å². The van der Waals surface area contributed by atoms with Crippen LogP contribution in [-0.2, 0) is 6.54 Å². The lowest BCUT2D eigenvalue weighted by Gasteiger charge is -2.35. The number of likely N-dealkylation sites (tertiary alicyclic amines) is 1. The van der Waals surface area contributed by atoms with Crippen LogP contribution in [0.3, 0.4) is 0 Å². The summed E-state index contributed by atoms with van der Waals surface area (Å²) in [5.41, 5.74) is 1.71.